The van der Waals surface area contributed by atoms with Crippen LogP contribution in [0, 0.1) is 0 Å². The highest BCUT2D eigenvalue weighted by Gasteiger charge is 2.05. The van der Waals surface area contributed by atoms with Gasteiger partial charge in [0.15, 0.2) is 0 Å². The number of hydrogen-bond acceptors (Lipinski definition) is 2. The molecule has 1 heterocycles. The second-order valence-electron chi connectivity index (χ2n) is 5.64. The Hall–Kier alpha value is -1.35. The van der Waals surface area contributed by atoms with Crippen LogP contribution in [0.1, 0.15) is 50.7 Å². The summed E-state index contributed by atoms with van der Waals surface area (Å²) in [4.78, 5) is 11.0. The van der Waals surface area contributed by atoms with Crippen molar-refractivity contribution < 1.29 is 4.79 Å². The Balaban J connectivity index is 2.00. The van der Waals surface area contributed by atoms with Gasteiger partial charge < -0.3 is 5.32 Å². The van der Waals surface area contributed by atoms with Crippen molar-refractivity contribution in [2.45, 2.75) is 52.4 Å². The fraction of sp³-hybridized carbons (Fsp3) is 0.500. The average Bonchev–Trinajstić information content (AvgIpc) is 2.86. The molecule has 0 unspecified atom stereocenters. The molecular formula is C18H25NOS. The summed E-state index contributed by atoms with van der Waals surface area (Å²) in [7, 11) is 0. The Morgan fingerprint density at radius 2 is 2.05 bits per heavy atom. The van der Waals surface area contributed by atoms with Crippen molar-refractivity contribution >= 4 is 27.3 Å². The molecule has 2 aromatic rings. The van der Waals surface area contributed by atoms with Crippen LogP contribution in [0.5, 0.6) is 0 Å². The zero-order valence-electron chi connectivity index (χ0n) is 13.1. The molecule has 0 atom stereocenters. The lowest BCUT2D eigenvalue weighted by Crippen LogP contribution is -2.22. The minimum atomic E-state index is 0.0474. The second-order valence-corrected chi connectivity index (χ2v) is 6.55. The molecule has 0 aliphatic rings. The van der Waals surface area contributed by atoms with Gasteiger partial charge in [-0.15, -0.1) is 11.3 Å². The van der Waals surface area contributed by atoms with Gasteiger partial charge in [0.25, 0.3) is 0 Å². The second kappa shape index (κ2) is 8.18. The van der Waals surface area contributed by atoms with E-state index in [9.17, 15) is 4.79 Å². The highest BCUT2D eigenvalue weighted by molar-refractivity contribution is 7.17. The number of thiophene rings is 1. The maximum atomic E-state index is 11.0. The number of amides is 1. The number of carbonyl (C=O) groups is 1. The monoisotopic (exact) mass is 303 g/mol. The molecule has 1 N–H and O–H groups in total. The first kappa shape index (κ1) is 16.0. The standard InChI is InChI=1S/C18H25NOS/c1-3-4-5-6-7-15-8-9-18-17(12-15)16(13-21-18)10-11-19-14(2)20/h8-9,12-13H,3-7,10-11H2,1-2H3,(H,19,20). The molecule has 0 bridgehead atoms. The maximum absolute atomic E-state index is 11.0. The lowest BCUT2D eigenvalue weighted by molar-refractivity contribution is -0.118. The summed E-state index contributed by atoms with van der Waals surface area (Å²) in [6, 6.07) is 6.86. The van der Waals surface area contributed by atoms with Gasteiger partial charge in [-0.3, -0.25) is 4.79 Å². The van der Waals surface area contributed by atoms with E-state index in [4.69, 9.17) is 0 Å². The number of aryl methyl sites for hydroxylation is 1. The van der Waals surface area contributed by atoms with E-state index in [0.717, 1.165) is 13.0 Å². The first-order valence-corrected chi connectivity index (χ1v) is 8.82. The van der Waals surface area contributed by atoms with Gasteiger partial charge in [-0.05, 0) is 47.2 Å². The molecule has 21 heavy (non-hydrogen) atoms. The first-order chi connectivity index (χ1) is 10.2. The van der Waals surface area contributed by atoms with Crippen LogP contribution in [0.2, 0.25) is 0 Å². The SMILES string of the molecule is CCCCCCc1ccc2scc(CCNC(C)=O)c2c1. The van der Waals surface area contributed by atoms with Crippen LogP contribution in [0.15, 0.2) is 23.6 Å². The molecule has 0 spiro atoms. The summed E-state index contributed by atoms with van der Waals surface area (Å²) in [5.41, 5.74) is 2.80. The van der Waals surface area contributed by atoms with Gasteiger partial charge in [0, 0.05) is 18.2 Å². The Morgan fingerprint density at radius 1 is 1.19 bits per heavy atom. The minimum absolute atomic E-state index is 0.0474. The third kappa shape index (κ3) is 4.85. The summed E-state index contributed by atoms with van der Waals surface area (Å²) < 4.78 is 1.35. The average molecular weight is 303 g/mol. The highest BCUT2D eigenvalue weighted by atomic mass is 32.1. The van der Waals surface area contributed by atoms with Crippen LogP contribution in [-0.4, -0.2) is 12.5 Å². The largest absolute Gasteiger partial charge is 0.356 e. The molecule has 1 amide bonds. The summed E-state index contributed by atoms with van der Waals surface area (Å²) >= 11 is 1.80. The summed E-state index contributed by atoms with van der Waals surface area (Å²) in [5, 5.41) is 6.48. The molecule has 114 valence electrons. The lowest BCUT2D eigenvalue weighted by atomic mass is 10.0. The van der Waals surface area contributed by atoms with Gasteiger partial charge in [-0.25, -0.2) is 0 Å². The van der Waals surface area contributed by atoms with Crippen LogP contribution in [0.25, 0.3) is 10.1 Å². The van der Waals surface area contributed by atoms with Crippen LogP contribution in [0.3, 0.4) is 0 Å². The Bertz CT molecular complexity index is 588. The fourth-order valence-electron chi connectivity index (χ4n) is 2.61. The third-order valence-corrected chi connectivity index (χ3v) is 4.82. The molecule has 0 aliphatic carbocycles. The molecule has 0 saturated heterocycles. The number of hydrogen-bond donors (Lipinski definition) is 1. The van der Waals surface area contributed by atoms with Crippen molar-refractivity contribution in [1.29, 1.82) is 0 Å². The molecule has 1 aromatic carbocycles. The molecule has 0 fully saturated rings. The van der Waals surface area contributed by atoms with Crippen molar-refractivity contribution in [1.82, 2.24) is 5.32 Å². The van der Waals surface area contributed by atoms with E-state index in [-0.39, 0.29) is 5.91 Å². The maximum Gasteiger partial charge on any atom is 0.216 e. The van der Waals surface area contributed by atoms with E-state index in [1.54, 1.807) is 18.3 Å². The van der Waals surface area contributed by atoms with Crippen molar-refractivity contribution in [2.75, 3.05) is 6.54 Å². The number of fused-ring (bicyclic) bond motifs is 1. The molecule has 3 heteroatoms. The van der Waals surface area contributed by atoms with Gasteiger partial charge in [0.05, 0.1) is 0 Å². The summed E-state index contributed by atoms with van der Waals surface area (Å²) in [6.45, 7) is 4.54. The van der Waals surface area contributed by atoms with Crippen molar-refractivity contribution in [3.8, 4) is 0 Å². The summed E-state index contributed by atoms with van der Waals surface area (Å²) in [6.07, 6.45) is 7.33. The summed E-state index contributed by atoms with van der Waals surface area (Å²) in [5.74, 6) is 0.0474. The van der Waals surface area contributed by atoms with Gasteiger partial charge >= 0.3 is 0 Å². The van der Waals surface area contributed by atoms with Crippen LogP contribution >= 0.6 is 11.3 Å². The van der Waals surface area contributed by atoms with E-state index in [0.29, 0.717) is 0 Å². The number of unbranched alkanes of at least 4 members (excludes halogenated alkanes) is 3. The zero-order valence-corrected chi connectivity index (χ0v) is 13.9. The van der Waals surface area contributed by atoms with Crippen molar-refractivity contribution in [3.63, 3.8) is 0 Å². The van der Waals surface area contributed by atoms with E-state index >= 15 is 0 Å². The highest BCUT2D eigenvalue weighted by Crippen LogP contribution is 2.28. The Morgan fingerprint density at radius 3 is 2.81 bits per heavy atom. The van der Waals surface area contributed by atoms with Gasteiger partial charge in [-0.2, -0.15) is 0 Å². The van der Waals surface area contributed by atoms with Crippen molar-refractivity contribution in [2.24, 2.45) is 0 Å². The van der Waals surface area contributed by atoms with Gasteiger partial charge in [0.2, 0.25) is 5.91 Å². The number of rotatable bonds is 8. The third-order valence-electron chi connectivity index (χ3n) is 3.81. The number of benzene rings is 1. The molecule has 0 saturated carbocycles. The molecule has 2 nitrogen and oxygen atoms in total. The Labute approximate surface area is 131 Å². The quantitative estimate of drug-likeness (QED) is 0.703. The molecule has 0 aliphatic heterocycles. The van der Waals surface area contributed by atoms with Gasteiger partial charge in [-0.1, -0.05) is 38.3 Å². The molecule has 2 rings (SSSR count). The molecular weight excluding hydrogens is 278 g/mol. The topological polar surface area (TPSA) is 29.1 Å². The predicted molar refractivity (Wildman–Crippen MR) is 92.1 cm³/mol. The molecule has 1 aromatic heterocycles. The van der Waals surface area contributed by atoms with E-state index in [1.165, 1.54) is 53.3 Å². The minimum Gasteiger partial charge on any atom is -0.356 e. The van der Waals surface area contributed by atoms with Crippen LogP contribution < -0.4 is 5.32 Å². The Kier molecular flexibility index (Phi) is 6.24. The van der Waals surface area contributed by atoms with E-state index in [1.807, 2.05) is 0 Å². The van der Waals surface area contributed by atoms with Gasteiger partial charge in [0.1, 0.15) is 0 Å². The smallest absolute Gasteiger partial charge is 0.216 e. The predicted octanol–water partition coefficient (Wildman–Crippen LogP) is 4.70. The zero-order chi connectivity index (χ0) is 15.1. The first-order valence-electron chi connectivity index (χ1n) is 7.94. The number of carbonyl (C=O) groups excluding carboxylic acids is 1. The normalized spacial score (nSPS) is 11.0. The van der Waals surface area contributed by atoms with Crippen LogP contribution in [-0.2, 0) is 17.6 Å². The van der Waals surface area contributed by atoms with Crippen LogP contribution in [0.4, 0.5) is 0 Å². The van der Waals surface area contributed by atoms with Crippen molar-refractivity contribution in [3.05, 3.63) is 34.7 Å². The number of nitrogens with one attached hydrogen (secondary N) is 1. The molecule has 0 radical (unpaired) electrons. The van der Waals surface area contributed by atoms with E-state index in [2.05, 4.69) is 35.8 Å². The fourth-order valence-corrected chi connectivity index (χ4v) is 3.58. The van der Waals surface area contributed by atoms with E-state index < -0.39 is 0 Å². The lowest BCUT2D eigenvalue weighted by Gasteiger charge is -2.04.